The quantitative estimate of drug-likeness (QED) is 0.641. The van der Waals surface area contributed by atoms with Crippen molar-refractivity contribution in [3.63, 3.8) is 0 Å². The number of rotatable bonds is 1. The zero-order valence-electron chi connectivity index (χ0n) is 9.01. The monoisotopic (exact) mass is 194 g/mol. The Morgan fingerprint density at radius 1 is 1.57 bits per heavy atom. The number of hydrogen-bond acceptors (Lipinski definition) is 2. The van der Waals surface area contributed by atoms with E-state index in [1.807, 2.05) is 0 Å². The summed E-state index contributed by atoms with van der Waals surface area (Å²) in [5.74, 6) is 1.79. The number of allylic oxidation sites excluding steroid dienone is 2. The maximum Gasteiger partial charge on any atom is 0.136 e. The minimum atomic E-state index is 0.176. The van der Waals surface area contributed by atoms with Crippen molar-refractivity contribution < 1.29 is 9.53 Å². The summed E-state index contributed by atoms with van der Waals surface area (Å²) in [7, 11) is 1.72. The highest BCUT2D eigenvalue weighted by molar-refractivity contribution is 5.83. The van der Waals surface area contributed by atoms with Gasteiger partial charge in [0.1, 0.15) is 5.78 Å². The van der Waals surface area contributed by atoms with Crippen molar-refractivity contribution in [3.05, 3.63) is 11.8 Å². The molecule has 0 bridgehead atoms. The summed E-state index contributed by atoms with van der Waals surface area (Å²) in [5.41, 5.74) is 0.176. The van der Waals surface area contributed by atoms with Crippen LogP contribution < -0.4 is 0 Å². The molecule has 0 radical (unpaired) electrons. The molecule has 2 aliphatic rings. The van der Waals surface area contributed by atoms with Gasteiger partial charge in [-0.2, -0.15) is 0 Å². The molecule has 1 fully saturated rings. The molecule has 0 amide bonds. The van der Waals surface area contributed by atoms with Gasteiger partial charge in [0.2, 0.25) is 0 Å². The Labute approximate surface area is 85.3 Å². The number of carbonyl (C=O) groups excluding carboxylic acids is 1. The molecule has 2 nitrogen and oxygen atoms in total. The van der Waals surface area contributed by atoms with Crippen molar-refractivity contribution >= 4 is 5.78 Å². The average Bonchev–Trinajstić information content (AvgIpc) is 2.16. The lowest BCUT2D eigenvalue weighted by molar-refractivity contribution is -0.130. The number of methoxy groups -OCH3 is 1. The van der Waals surface area contributed by atoms with Crippen molar-refractivity contribution in [3.8, 4) is 0 Å². The fourth-order valence-electron chi connectivity index (χ4n) is 2.91. The first-order valence-electron chi connectivity index (χ1n) is 5.41. The highest BCUT2D eigenvalue weighted by Crippen LogP contribution is 2.48. The summed E-state index contributed by atoms with van der Waals surface area (Å²) < 4.78 is 5.29. The number of fused-ring (bicyclic) bond motifs is 1. The van der Waals surface area contributed by atoms with Crippen LogP contribution in [0.5, 0.6) is 0 Å². The largest absolute Gasteiger partial charge is 0.501 e. The SMILES string of the molecule is COC1=CCC2C(=O)CCCC2(C)C1. The van der Waals surface area contributed by atoms with Crippen molar-refractivity contribution in [2.24, 2.45) is 11.3 Å². The smallest absolute Gasteiger partial charge is 0.136 e. The zero-order valence-corrected chi connectivity index (χ0v) is 9.01. The van der Waals surface area contributed by atoms with Crippen molar-refractivity contribution in [2.45, 2.75) is 39.0 Å². The molecule has 2 rings (SSSR count). The lowest BCUT2D eigenvalue weighted by Gasteiger charge is -2.43. The number of ketones is 1. The first kappa shape index (κ1) is 9.75. The van der Waals surface area contributed by atoms with Gasteiger partial charge in [-0.15, -0.1) is 0 Å². The van der Waals surface area contributed by atoms with Crippen molar-refractivity contribution in [1.29, 1.82) is 0 Å². The van der Waals surface area contributed by atoms with Crippen LogP contribution in [0.1, 0.15) is 39.0 Å². The number of Topliss-reactive ketones (excluding diaryl/α,β-unsaturated/α-hetero) is 1. The number of carbonyl (C=O) groups is 1. The Morgan fingerprint density at radius 3 is 3.07 bits per heavy atom. The molecule has 0 aromatic carbocycles. The summed E-state index contributed by atoms with van der Waals surface area (Å²) in [4.78, 5) is 11.8. The van der Waals surface area contributed by atoms with Gasteiger partial charge in [0.15, 0.2) is 0 Å². The van der Waals surface area contributed by atoms with Gasteiger partial charge in [-0.1, -0.05) is 6.92 Å². The van der Waals surface area contributed by atoms with Crippen LogP contribution in [0.15, 0.2) is 11.8 Å². The Bertz CT molecular complexity index is 280. The third kappa shape index (κ3) is 1.47. The summed E-state index contributed by atoms with van der Waals surface area (Å²) in [5, 5.41) is 0. The van der Waals surface area contributed by atoms with E-state index < -0.39 is 0 Å². The molecule has 0 aromatic heterocycles. The Morgan fingerprint density at radius 2 is 2.36 bits per heavy atom. The number of ether oxygens (including phenoxy) is 1. The van der Waals surface area contributed by atoms with E-state index in [1.165, 1.54) is 6.42 Å². The topological polar surface area (TPSA) is 26.3 Å². The third-order valence-electron chi connectivity index (χ3n) is 3.82. The highest BCUT2D eigenvalue weighted by atomic mass is 16.5. The summed E-state index contributed by atoms with van der Waals surface area (Å²) in [6, 6.07) is 0. The molecular weight excluding hydrogens is 176 g/mol. The molecular formula is C12H18O2. The van der Waals surface area contributed by atoms with E-state index in [9.17, 15) is 4.79 Å². The maximum atomic E-state index is 11.8. The predicted octanol–water partition coefficient (Wildman–Crippen LogP) is 2.69. The summed E-state index contributed by atoms with van der Waals surface area (Å²) in [6.45, 7) is 2.24. The van der Waals surface area contributed by atoms with Gasteiger partial charge in [0.25, 0.3) is 0 Å². The van der Waals surface area contributed by atoms with Crippen LogP contribution in [0.2, 0.25) is 0 Å². The molecule has 0 spiro atoms. The summed E-state index contributed by atoms with van der Waals surface area (Å²) >= 11 is 0. The number of hydrogen-bond donors (Lipinski definition) is 0. The van der Waals surface area contributed by atoms with Crippen LogP contribution in [0.25, 0.3) is 0 Å². The fourth-order valence-corrected chi connectivity index (χ4v) is 2.91. The molecule has 0 aromatic rings. The van der Waals surface area contributed by atoms with Gasteiger partial charge in [-0.25, -0.2) is 0 Å². The highest BCUT2D eigenvalue weighted by Gasteiger charge is 2.43. The van der Waals surface area contributed by atoms with Crippen LogP contribution in [-0.4, -0.2) is 12.9 Å². The molecule has 0 aliphatic heterocycles. The standard InChI is InChI=1S/C12H18O2/c1-12-7-3-4-11(13)10(12)6-5-9(8-12)14-2/h5,10H,3-4,6-8H2,1-2H3. The van der Waals surface area contributed by atoms with Crippen LogP contribution in [0.4, 0.5) is 0 Å². The molecule has 2 unspecified atom stereocenters. The molecule has 0 heterocycles. The van der Waals surface area contributed by atoms with E-state index in [-0.39, 0.29) is 11.3 Å². The van der Waals surface area contributed by atoms with Crippen molar-refractivity contribution in [1.82, 2.24) is 0 Å². The molecule has 1 saturated carbocycles. The fraction of sp³-hybridized carbons (Fsp3) is 0.750. The Balaban J connectivity index is 2.23. The minimum Gasteiger partial charge on any atom is -0.501 e. The molecule has 0 N–H and O–H groups in total. The second-order valence-electron chi connectivity index (χ2n) is 4.81. The molecule has 78 valence electrons. The van der Waals surface area contributed by atoms with Crippen molar-refractivity contribution in [2.75, 3.05) is 7.11 Å². The molecule has 2 aliphatic carbocycles. The first-order chi connectivity index (χ1) is 6.65. The van der Waals surface area contributed by atoms with Crippen LogP contribution in [-0.2, 0) is 9.53 Å². The average molecular weight is 194 g/mol. The predicted molar refractivity (Wildman–Crippen MR) is 54.8 cm³/mol. The summed E-state index contributed by atoms with van der Waals surface area (Å²) in [6.07, 6.45) is 6.94. The van der Waals surface area contributed by atoms with E-state index in [0.29, 0.717) is 5.78 Å². The Kier molecular flexibility index (Phi) is 2.38. The second kappa shape index (κ2) is 3.41. The lowest BCUT2D eigenvalue weighted by atomic mass is 9.61. The molecule has 0 saturated heterocycles. The van der Waals surface area contributed by atoms with Gasteiger partial charge >= 0.3 is 0 Å². The van der Waals surface area contributed by atoms with Gasteiger partial charge in [-0.05, 0) is 30.8 Å². The van der Waals surface area contributed by atoms with Gasteiger partial charge in [0.05, 0.1) is 12.9 Å². The van der Waals surface area contributed by atoms with Gasteiger partial charge < -0.3 is 4.74 Å². The molecule has 2 heteroatoms. The van der Waals surface area contributed by atoms with E-state index in [4.69, 9.17) is 4.74 Å². The lowest BCUT2D eigenvalue weighted by Crippen LogP contribution is -2.39. The van der Waals surface area contributed by atoms with E-state index in [2.05, 4.69) is 13.0 Å². The van der Waals surface area contributed by atoms with Crippen LogP contribution >= 0.6 is 0 Å². The van der Waals surface area contributed by atoms with E-state index in [1.54, 1.807) is 7.11 Å². The second-order valence-corrected chi connectivity index (χ2v) is 4.81. The normalized spacial score (nSPS) is 37.4. The van der Waals surface area contributed by atoms with E-state index in [0.717, 1.165) is 31.4 Å². The van der Waals surface area contributed by atoms with Crippen LogP contribution in [0, 0.1) is 11.3 Å². The van der Waals surface area contributed by atoms with Crippen LogP contribution in [0.3, 0.4) is 0 Å². The Hall–Kier alpha value is -0.790. The van der Waals surface area contributed by atoms with E-state index >= 15 is 0 Å². The van der Waals surface area contributed by atoms with Gasteiger partial charge in [0, 0.05) is 18.8 Å². The third-order valence-corrected chi connectivity index (χ3v) is 3.82. The maximum absolute atomic E-state index is 11.8. The molecule has 2 atom stereocenters. The first-order valence-corrected chi connectivity index (χ1v) is 5.41. The molecule has 14 heavy (non-hydrogen) atoms. The minimum absolute atomic E-state index is 0.176. The van der Waals surface area contributed by atoms with Gasteiger partial charge in [-0.3, -0.25) is 4.79 Å². The zero-order chi connectivity index (χ0) is 10.2.